The molecule has 4 fully saturated rings. The van der Waals surface area contributed by atoms with Crippen LogP contribution in [0.25, 0.3) is 0 Å². The lowest BCUT2D eigenvalue weighted by Gasteiger charge is -2.59. The zero-order valence-corrected chi connectivity index (χ0v) is 22.4. The number of nitrogens with zero attached hydrogens (tertiary/aromatic N) is 1. The van der Waals surface area contributed by atoms with E-state index in [-0.39, 0.29) is 22.4 Å². The van der Waals surface area contributed by atoms with Crippen molar-refractivity contribution in [2.75, 3.05) is 32.8 Å². The Morgan fingerprint density at radius 1 is 1.09 bits per heavy atom. The van der Waals surface area contributed by atoms with Gasteiger partial charge in [0.05, 0.1) is 13.2 Å². The molecular weight excluding hydrogens is 438 g/mol. The van der Waals surface area contributed by atoms with Gasteiger partial charge in [0.15, 0.2) is 5.78 Å². The summed E-state index contributed by atoms with van der Waals surface area (Å²) in [6.07, 6.45) is 14.0. The Kier molecular flexibility index (Phi) is 7.22. The van der Waals surface area contributed by atoms with Gasteiger partial charge in [-0.25, -0.2) is 0 Å². The lowest BCUT2D eigenvalue weighted by molar-refractivity contribution is -0.186. The molecule has 0 bridgehead atoms. The van der Waals surface area contributed by atoms with Crippen LogP contribution in [-0.4, -0.2) is 55.1 Å². The maximum absolute atomic E-state index is 13.2. The van der Waals surface area contributed by atoms with E-state index in [1.807, 2.05) is 6.08 Å². The molecule has 6 atom stereocenters. The molecule has 0 spiro atoms. The third-order valence-electron chi connectivity index (χ3n) is 11.2. The molecule has 35 heavy (non-hydrogen) atoms. The highest BCUT2D eigenvalue weighted by molar-refractivity contribution is 5.91. The summed E-state index contributed by atoms with van der Waals surface area (Å²) in [5.74, 6) is 2.35. The van der Waals surface area contributed by atoms with Crippen molar-refractivity contribution in [3.63, 3.8) is 0 Å². The fraction of sp³-hybridized carbons (Fsp3) is 0.867. The number of esters is 1. The molecule has 1 saturated heterocycles. The largest absolute Gasteiger partial charge is 0.458 e. The van der Waals surface area contributed by atoms with E-state index < -0.39 is 0 Å². The monoisotopic (exact) mass is 485 g/mol. The van der Waals surface area contributed by atoms with Crippen LogP contribution in [0.4, 0.5) is 0 Å². The number of rotatable bonds is 7. The van der Waals surface area contributed by atoms with Gasteiger partial charge >= 0.3 is 5.97 Å². The minimum atomic E-state index is -0.299. The Balaban J connectivity index is 1.28. The second kappa shape index (κ2) is 9.93. The molecule has 0 amide bonds. The Hall–Kier alpha value is -1.20. The van der Waals surface area contributed by atoms with Crippen molar-refractivity contribution in [2.45, 2.75) is 103 Å². The molecule has 0 radical (unpaired) electrons. The van der Waals surface area contributed by atoms with Crippen LogP contribution in [0.3, 0.4) is 0 Å². The van der Waals surface area contributed by atoms with Gasteiger partial charge in [-0.05, 0) is 93.6 Å². The molecule has 1 aliphatic heterocycles. The number of hydrogen-bond donors (Lipinski definition) is 0. The number of allylic oxidation sites excluding steroid dienone is 1. The lowest BCUT2D eigenvalue weighted by atomic mass is 9.46. The number of carbonyl (C=O) groups is 2. The van der Waals surface area contributed by atoms with Crippen LogP contribution < -0.4 is 0 Å². The highest BCUT2D eigenvalue weighted by Crippen LogP contribution is 2.69. The summed E-state index contributed by atoms with van der Waals surface area (Å²) in [4.78, 5) is 27.7. The van der Waals surface area contributed by atoms with Gasteiger partial charge in [0.1, 0.15) is 5.60 Å². The number of hydrogen-bond acceptors (Lipinski definition) is 5. The normalized spacial score (nSPS) is 41.5. The van der Waals surface area contributed by atoms with Crippen LogP contribution in [0, 0.1) is 28.6 Å². The van der Waals surface area contributed by atoms with Gasteiger partial charge in [0.25, 0.3) is 0 Å². The van der Waals surface area contributed by atoms with E-state index in [9.17, 15) is 9.59 Å². The number of carbonyl (C=O) groups excluding carboxylic acids is 2. The zero-order chi connectivity index (χ0) is 24.7. The summed E-state index contributed by atoms with van der Waals surface area (Å²) >= 11 is 0. The van der Waals surface area contributed by atoms with Gasteiger partial charge in [-0.15, -0.1) is 0 Å². The van der Waals surface area contributed by atoms with E-state index >= 15 is 0 Å². The predicted octanol–water partition coefficient (Wildman–Crippen LogP) is 5.71. The first-order valence-corrected chi connectivity index (χ1v) is 14.6. The van der Waals surface area contributed by atoms with Crippen molar-refractivity contribution in [3.05, 3.63) is 11.6 Å². The van der Waals surface area contributed by atoms with Gasteiger partial charge in [-0.3, -0.25) is 14.5 Å². The van der Waals surface area contributed by atoms with Crippen molar-refractivity contribution in [1.82, 2.24) is 4.90 Å². The van der Waals surface area contributed by atoms with Crippen molar-refractivity contribution < 1.29 is 19.1 Å². The van der Waals surface area contributed by atoms with Crippen LogP contribution in [0.1, 0.15) is 97.8 Å². The smallest absolute Gasteiger partial charge is 0.306 e. The minimum Gasteiger partial charge on any atom is -0.458 e. The van der Waals surface area contributed by atoms with Gasteiger partial charge in [-0.1, -0.05) is 32.8 Å². The molecule has 0 aromatic rings. The summed E-state index contributed by atoms with van der Waals surface area (Å²) < 4.78 is 12.0. The van der Waals surface area contributed by atoms with Crippen LogP contribution in [0.5, 0.6) is 0 Å². The molecule has 0 unspecified atom stereocenters. The maximum Gasteiger partial charge on any atom is 0.306 e. The molecule has 5 nitrogen and oxygen atoms in total. The van der Waals surface area contributed by atoms with Gasteiger partial charge in [-0.2, -0.15) is 0 Å². The predicted molar refractivity (Wildman–Crippen MR) is 137 cm³/mol. The van der Waals surface area contributed by atoms with Crippen LogP contribution >= 0.6 is 0 Å². The summed E-state index contributed by atoms with van der Waals surface area (Å²) in [6, 6.07) is 0. The standard InChI is InChI=1S/C30H47NO4/c1-4-12-30(35-27(33)6-5-16-31-17-19-34-20-18-31)15-11-26-24-8-7-22-21-23(32)9-13-28(22,2)25(24)10-14-29(26,30)3/h21,24-26H,4-20H2,1-3H3/t24-,25+,26+,28+,29+,30+/m1/s1. The SMILES string of the molecule is CCC[C@]1(OC(=O)CCCN2CCOCC2)CC[C@H]2[C@@H]3CCC4=CC(=O)CC[C@]4(C)[C@H]3CC[C@@]21C. The van der Waals surface area contributed by atoms with Crippen LogP contribution in [0.15, 0.2) is 11.6 Å². The second-order valence-corrected chi connectivity index (χ2v) is 12.7. The van der Waals surface area contributed by atoms with Gasteiger partial charge < -0.3 is 9.47 Å². The molecule has 5 heteroatoms. The summed E-state index contributed by atoms with van der Waals surface area (Å²) in [5, 5.41) is 0. The Bertz CT molecular complexity index is 847. The van der Waals surface area contributed by atoms with E-state index in [2.05, 4.69) is 25.7 Å². The zero-order valence-electron chi connectivity index (χ0n) is 22.4. The molecule has 5 rings (SSSR count). The van der Waals surface area contributed by atoms with Crippen molar-refractivity contribution in [1.29, 1.82) is 0 Å². The van der Waals surface area contributed by atoms with Gasteiger partial charge in [0.2, 0.25) is 0 Å². The molecule has 196 valence electrons. The fourth-order valence-corrected chi connectivity index (χ4v) is 9.23. The summed E-state index contributed by atoms with van der Waals surface area (Å²) in [7, 11) is 0. The summed E-state index contributed by atoms with van der Waals surface area (Å²) in [6.45, 7) is 11.7. The number of morpholine rings is 1. The average Bonchev–Trinajstić information content (AvgIpc) is 3.12. The third kappa shape index (κ3) is 4.43. The first-order chi connectivity index (χ1) is 16.8. The topological polar surface area (TPSA) is 55.8 Å². The van der Waals surface area contributed by atoms with E-state index in [1.54, 1.807) is 0 Å². The maximum atomic E-state index is 13.2. The van der Waals surface area contributed by atoms with E-state index in [1.165, 1.54) is 24.8 Å². The number of ketones is 1. The van der Waals surface area contributed by atoms with E-state index in [4.69, 9.17) is 9.47 Å². The summed E-state index contributed by atoms with van der Waals surface area (Å²) in [5.41, 5.74) is 1.41. The molecule has 1 heterocycles. The van der Waals surface area contributed by atoms with Crippen molar-refractivity contribution in [3.8, 4) is 0 Å². The Morgan fingerprint density at radius 3 is 2.63 bits per heavy atom. The minimum absolute atomic E-state index is 0.0160. The Labute approximate surface area is 212 Å². The van der Waals surface area contributed by atoms with Crippen molar-refractivity contribution >= 4 is 11.8 Å². The first kappa shape index (κ1) is 25.4. The highest BCUT2D eigenvalue weighted by atomic mass is 16.6. The van der Waals surface area contributed by atoms with Crippen LogP contribution in [-0.2, 0) is 19.1 Å². The third-order valence-corrected chi connectivity index (χ3v) is 11.2. The van der Waals surface area contributed by atoms with Crippen LogP contribution in [0.2, 0.25) is 0 Å². The van der Waals surface area contributed by atoms with E-state index in [0.717, 1.165) is 77.8 Å². The molecule has 0 aromatic carbocycles. The van der Waals surface area contributed by atoms with E-state index in [0.29, 0.717) is 36.4 Å². The number of ether oxygens (including phenoxy) is 2. The molecule has 0 aromatic heterocycles. The second-order valence-electron chi connectivity index (χ2n) is 12.7. The molecule has 5 aliphatic rings. The molecular formula is C30H47NO4. The molecule has 0 N–H and O–H groups in total. The fourth-order valence-electron chi connectivity index (χ4n) is 9.23. The average molecular weight is 486 g/mol. The molecule has 3 saturated carbocycles. The highest BCUT2D eigenvalue weighted by Gasteiger charge is 2.65. The number of fused-ring (bicyclic) bond motifs is 5. The van der Waals surface area contributed by atoms with Gasteiger partial charge in [0, 0.05) is 31.3 Å². The molecule has 4 aliphatic carbocycles. The quantitative estimate of drug-likeness (QED) is 0.432. The Morgan fingerprint density at radius 2 is 1.86 bits per heavy atom. The van der Waals surface area contributed by atoms with Crippen molar-refractivity contribution in [2.24, 2.45) is 28.6 Å². The lowest BCUT2D eigenvalue weighted by Crippen LogP contribution is -2.56. The first-order valence-electron chi connectivity index (χ1n) is 14.6.